The molecule has 4 amide bonds. The minimum absolute atomic E-state index is 0.115. The Morgan fingerprint density at radius 2 is 1.20 bits per heavy atom. The highest BCUT2D eigenvalue weighted by Gasteiger charge is 2.34. The third-order valence-electron chi connectivity index (χ3n) is 5.89. The molecule has 6 atom stereocenters. The zero-order valence-corrected chi connectivity index (χ0v) is 20.7. The summed E-state index contributed by atoms with van der Waals surface area (Å²) in [7, 11) is 0. The number of aliphatic carboxylic acids is 2. The Morgan fingerprint density at radius 1 is 0.743 bits per heavy atom. The second-order valence-electron chi connectivity index (χ2n) is 8.69. The third-order valence-corrected chi connectivity index (χ3v) is 5.89. The van der Waals surface area contributed by atoms with E-state index < -0.39 is 65.7 Å². The van der Waals surface area contributed by atoms with Gasteiger partial charge in [0, 0.05) is 12.8 Å². The molecule has 9 N–H and O–H groups in total. The van der Waals surface area contributed by atoms with E-state index in [0.717, 1.165) is 0 Å². The molecule has 13 heteroatoms. The Morgan fingerprint density at radius 3 is 1.60 bits per heavy atom. The number of rotatable bonds is 17. The van der Waals surface area contributed by atoms with Gasteiger partial charge in [0.15, 0.2) is 0 Å². The fraction of sp³-hybridized carbons (Fsp3) is 0.727. The molecule has 0 fully saturated rings. The van der Waals surface area contributed by atoms with Crippen molar-refractivity contribution in [3.63, 3.8) is 0 Å². The fourth-order valence-corrected chi connectivity index (χ4v) is 3.12. The predicted molar refractivity (Wildman–Crippen MR) is 126 cm³/mol. The van der Waals surface area contributed by atoms with Crippen LogP contribution in [0.15, 0.2) is 0 Å². The SMILES string of the molecule is CCC(C)C(NC(=O)C(N)CCC(=O)O)C(=O)NC(C(=O)NC(CCC(N)=O)C(=O)O)C(C)CC. The monoisotopic (exact) mass is 501 g/mol. The highest BCUT2D eigenvalue weighted by atomic mass is 16.4. The maximum Gasteiger partial charge on any atom is 0.326 e. The Balaban J connectivity index is 5.58. The average molecular weight is 502 g/mol. The predicted octanol–water partition coefficient (Wildman–Crippen LogP) is -0.925. The summed E-state index contributed by atoms with van der Waals surface area (Å²) in [6, 6.07) is -4.70. The molecule has 0 saturated heterocycles. The normalized spacial score (nSPS) is 16.0. The van der Waals surface area contributed by atoms with Crippen LogP contribution < -0.4 is 27.4 Å². The largest absolute Gasteiger partial charge is 0.481 e. The van der Waals surface area contributed by atoms with Crippen molar-refractivity contribution in [3.05, 3.63) is 0 Å². The quantitative estimate of drug-likeness (QED) is 0.130. The highest BCUT2D eigenvalue weighted by molar-refractivity contribution is 5.94. The molecule has 0 aromatic rings. The van der Waals surface area contributed by atoms with Crippen molar-refractivity contribution in [2.24, 2.45) is 23.3 Å². The van der Waals surface area contributed by atoms with Crippen LogP contribution in [-0.2, 0) is 28.8 Å². The Hall–Kier alpha value is -3.22. The lowest BCUT2D eigenvalue weighted by Crippen LogP contribution is -2.60. The van der Waals surface area contributed by atoms with Crippen LogP contribution in [0.2, 0.25) is 0 Å². The summed E-state index contributed by atoms with van der Waals surface area (Å²) in [5.41, 5.74) is 10.8. The van der Waals surface area contributed by atoms with Gasteiger partial charge in [-0.25, -0.2) is 4.79 Å². The van der Waals surface area contributed by atoms with Crippen LogP contribution in [0.1, 0.15) is 66.2 Å². The van der Waals surface area contributed by atoms with Crippen LogP contribution >= 0.6 is 0 Å². The molecule has 0 aromatic heterocycles. The van der Waals surface area contributed by atoms with E-state index in [9.17, 15) is 33.9 Å². The molecule has 200 valence electrons. The van der Waals surface area contributed by atoms with Crippen molar-refractivity contribution in [3.8, 4) is 0 Å². The van der Waals surface area contributed by atoms with Gasteiger partial charge in [0.05, 0.1) is 6.04 Å². The number of hydrogen-bond acceptors (Lipinski definition) is 7. The molecule has 35 heavy (non-hydrogen) atoms. The molecule has 0 spiro atoms. The number of carboxylic acids is 2. The van der Waals surface area contributed by atoms with Crippen LogP contribution in [0.4, 0.5) is 0 Å². The number of primary amides is 1. The first-order valence-electron chi connectivity index (χ1n) is 11.6. The summed E-state index contributed by atoms with van der Waals surface area (Å²) >= 11 is 0. The number of carboxylic acid groups (broad SMARTS) is 2. The lowest BCUT2D eigenvalue weighted by Gasteiger charge is -2.30. The van der Waals surface area contributed by atoms with Crippen LogP contribution in [0.25, 0.3) is 0 Å². The van der Waals surface area contributed by atoms with E-state index >= 15 is 0 Å². The molecule has 0 heterocycles. The summed E-state index contributed by atoms with van der Waals surface area (Å²) in [5.74, 6) is -6.04. The van der Waals surface area contributed by atoms with E-state index in [1.165, 1.54) is 0 Å². The molecular weight excluding hydrogens is 462 g/mol. The molecule has 0 aromatic carbocycles. The number of nitrogens with two attached hydrogens (primary N) is 2. The first-order valence-corrected chi connectivity index (χ1v) is 11.6. The number of carbonyl (C=O) groups excluding carboxylic acids is 4. The smallest absolute Gasteiger partial charge is 0.326 e. The summed E-state index contributed by atoms with van der Waals surface area (Å²) in [6.45, 7) is 7.00. The Labute approximate surface area is 204 Å². The van der Waals surface area contributed by atoms with Crippen LogP contribution in [0, 0.1) is 11.8 Å². The average Bonchev–Trinajstić information content (AvgIpc) is 2.79. The maximum atomic E-state index is 13.1. The molecule has 0 rings (SSSR count). The van der Waals surface area contributed by atoms with Gasteiger partial charge in [-0.1, -0.05) is 40.5 Å². The topological polar surface area (TPSA) is 231 Å². The fourth-order valence-electron chi connectivity index (χ4n) is 3.12. The molecule has 0 radical (unpaired) electrons. The standard InChI is InChI=1S/C22H39N5O8/c1-5-11(3)17(20(32)25-14(22(34)35)8-9-15(24)28)27-21(33)18(12(4)6-2)26-19(31)13(23)7-10-16(29)30/h11-14,17-18H,5-10,23H2,1-4H3,(H2,24,28)(H,25,32)(H,26,31)(H,27,33)(H,29,30)(H,34,35). The molecule has 0 bridgehead atoms. The second-order valence-corrected chi connectivity index (χ2v) is 8.69. The van der Waals surface area contributed by atoms with Gasteiger partial charge in [0.2, 0.25) is 23.6 Å². The molecular formula is C22H39N5O8. The minimum Gasteiger partial charge on any atom is -0.481 e. The van der Waals surface area contributed by atoms with Crippen molar-refractivity contribution >= 4 is 35.6 Å². The number of amides is 4. The van der Waals surface area contributed by atoms with Crippen molar-refractivity contribution in [1.29, 1.82) is 0 Å². The van der Waals surface area contributed by atoms with Crippen molar-refractivity contribution in [2.75, 3.05) is 0 Å². The van der Waals surface area contributed by atoms with Crippen LogP contribution in [0.5, 0.6) is 0 Å². The van der Waals surface area contributed by atoms with E-state index in [4.69, 9.17) is 16.6 Å². The molecule has 6 unspecified atom stereocenters. The van der Waals surface area contributed by atoms with Gasteiger partial charge in [-0.05, 0) is 24.7 Å². The van der Waals surface area contributed by atoms with E-state index in [1.807, 2.05) is 0 Å². The highest BCUT2D eigenvalue weighted by Crippen LogP contribution is 2.13. The second kappa shape index (κ2) is 15.6. The zero-order chi connectivity index (χ0) is 27.3. The lowest BCUT2D eigenvalue weighted by atomic mass is 9.94. The summed E-state index contributed by atoms with van der Waals surface area (Å²) in [6.07, 6.45) is 0.0789. The first-order chi connectivity index (χ1) is 16.2. The lowest BCUT2D eigenvalue weighted by molar-refractivity contribution is -0.143. The molecule has 0 aliphatic heterocycles. The maximum absolute atomic E-state index is 13.1. The van der Waals surface area contributed by atoms with Gasteiger partial charge in [-0.2, -0.15) is 0 Å². The Bertz CT molecular complexity index is 775. The number of hydrogen-bond donors (Lipinski definition) is 7. The summed E-state index contributed by atoms with van der Waals surface area (Å²) in [5, 5.41) is 25.6. The van der Waals surface area contributed by atoms with Gasteiger partial charge in [0.25, 0.3) is 0 Å². The number of carbonyl (C=O) groups is 6. The summed E-state index contributed by atoms with van der Waals surface area (Å²) < 4.78 is 0. The minimum atomic E-state index is -1.38. The number of nitrogens with one attached hydrogen (secondary N) is 3. The molecule has 0 saturated carbocycles. The van der Waals surface area contributed by atoms with E-state index in [-0.39, 0.29) is 31.6 Å². The van der Waals surface area contributed by atoms with Crippen molar-refractivity contribution in [2.45, 2.75) is 90.4 Å². The first kappa shape index (κ1) is 31.8. The van der Waals surface area contributed by atoms with Gasteiger partial charge in [-0.3, -0.25) is 24.0 Å². The van der Waals surface area contributed by atoms with Gasteiger partial charge >= 0.3 is 11.9 Å². The van der Waals surface area contributed by atoms with E-state index in [1.54, 1.807) is 27.7 Å². The third kappa shape index (κ3) is 11.7. The van der Waals surface area contributed by atoms with Crippen molar-refractivity contribution in [1.82, 2.24) is 16.0 Å². The van der Waals surface area contributed by atoms with Crippen LogP contribution in [0.3, 0.4) is 0 Å². The summed E-state index contributed by atoms with van der Waals surface area (Å²) in [4.78, 5) is 71.7. The zero-order valence-electron chi connectivity index (χ0n) is 20.7. The van der Waals surface area contributed by atoms with Gasteiger partial charge < -0.3 is 37.6 Å². The molecule has 0 aliphatic rings. The molecule has 13 nitrogen and oxygen atoms in total. The Kier molecular flexibility index (Phi) is 14.2. The van der Waals surface area contributed by atoms with Gasteiger partial charge in [0.1, 0.15) is 18.1 Å². The molecule has 0 aliphatic carbocycles. The van der Waals surface area contributed by atoms with Gasteiger partial charge in [-0.15, -0.1) is 0 Å². The van der Waals surface area contributed by atoms with E-state index in [2.05, 4.69) is 16.0 Å². The van der Waals surface area contributed by atoms with Crippen LogP contribution in [-0.4, -0.2) is 69.9 Å². The van der Waals surface area contributed by atoms with Crippen molar-refractivity contribution < 1.29 is 39.0 Å². The van der Waals surface area contributed by atoms with E-state index in [0.29, 0.717) is 12.8 Å².